The summed E-state index contributed by atoms with van der Waals surface area (Å²) >= 11 is 6.40. The number of non-ortho nitro benzene ring substituents is 1. The number of aryl methyl sites for hydroxylation is 1. The van der Waals surface area contributed by atoms with Gasteiger partial charge in [0.2, 0.25) is 0 Å². The van der Waals surface area contributed by atoms with Crippen LogP contribution < -0.4 is 4.72 Å². The van der Waals surface area contributed by atoms with Gasteiger partial charge in [0.15, 0.2) is 5.12 Å². The quantitative estimate of drug-likeness (QED) is 0.266. The summed E-state index contributed by atoms with van der Waals surface area (Å²) in [7, 11) is -3.05. The third-order valence-electron chi connectivity index (χ3n) is 4.02. The molecular formula is C17H20ClN2O6PS. The zero-order valence-electron chi connectivity index (χ0n) is 15.4. The number of halogens is 1. The first-order valence-corrected chi connectivity index (χ1v) is 11.3. The molecule has 2 aromatic rings. The summed E-state index contributed by atoms with van der Waals surface area (Å²) in [5.41, 5.74) is 1.33. The van der Waals surface area contributed by atoms with E-state index >= 15 is 0 Å². The normalized spacial score (nSPS) is 15.0. The van der Waals surface area contributed by atoms with Gasteiger partial charge in [-0.3, -0.25) is 14.7 Å². The van der Waals surface area contributed by atoms with E-state index in [4.69, 9.17) is 20.6 Å². The maximum Gasteiger partial charge on any atom is 0.349 e. The SMILES string of the molecule is COP(=O)(OC)[C@H](Cl)[C@H](N[S@@](=O)c1ccc(C)cc1)c1ccc([N+](=O)[O-])cc1. The van der Waals surface area contributed by atoms with Gasteiger partial charge in [-0.2, -0.15) is 0 Å². The highest BCUT2D eigenvalue weighted by molar-refractivity contribution is 7.83. The molecule has 0 aliphatic heterocycles. The minimum absolute atomic E-state index is 0.116. The van der Waals surface area contributed by atoms with E-state index in [0.29, 0.717) is 10.5 Å². The van der Waals surface area contributed by atoms with Crippen molar-refractivity contribution in [2.75, 3.05) is 14.2 Å². The van der Waals surface area contributed by atoms with E-state index in [1.807, 2.05) is 19.1 Å². The Morgan fingerprint density at radius 3 is 2.11 bits per heavy atom. The standard InChI is InChI=1S/C17H20ClN2O6PS/c1-12-4-10-15(11-5-12)28(24)19-16(17(18)27(23,25-2)26-3)13-6-8-14(9-7-13)20(21)22/h4-11,16-17,19H,1-3H3/t16-,17+,28+/m1/s1. The first-order chi connectivity index (χ1) is 13.2. The van der Waals surface area contributed by atoms with E-state index < -0.39 is 34.7 Å². The lowest BCUT2D eigenvalue weighted by atomic mass is 10.1. The largest absolute Gasteiger partial charge is 0.349 e. The van der Waals surface area contributed by atoms with E-state index in [1.54, 1.807) is 12.1 Å². The molecule has 8 nitrogen and oxygen atoms in total. The van der Waals surface area contributed by atoms with Crippen molar-refractivity contribution in [2.45, 2.75) is 23.0 Å². The fourth-order valence-electron chi connectivity index (χ4n) is 2.39. The monoisotopic (exact) mass is 446 g/mol. The van der Waals surface area contributed by atoms with Crippen molar-refractivity contribution in [1.29, 1.82) is 0 Å². The highest BCUT2D eigenvalue weighted by Crippen LogP contribution is 2.57. The van der Waals surface area contributed by atoms with Gasteiger partial charge in [-0.05, 0) is 24.6 Å². The highest BCUT2D eigenvalue weighted by Gasteiger charge is 2.40. The fraction of sp³-hybridized carbons (Fsp3) is 0.294. The van der Waals surface area contributed by atoms with Crippen molar-refractivity contribution in [3.8, 4) is 0 Å². The summed E-state index contributed by atoms with van der Waals surface area (Å²) in [6.07, 6.45) is 0. The van der Waals surface area contributed by atoms with Gasteiger partial charge in [0.1, 0.15) is 11.0 Å². The van der Waals surface area contributed by atoms with Gasteiger partial charge in [0.05, 0.1) is 15.9 Å². The van der Waals surface area contributed by atoms with E-state index in [2.05, 4.69) is 4.72 Å². The van der Waals surface area contributed by atoms with Gasteiger partial charge in [-0.15, -0.1) is 11.6 Å². The number of nitro benzene ring substituents is 1. The van der Waals surface area contributed by atoms with Crippen LogP contribution in [0.4, 0.5) is 5.69 Å². The van der Waals surface area contributed by atoms with Gasteiger partial charge < -0.3 is 9.05 Å². The molecule has 0 unspecified atom stereocenters. The van der Waals surface area contributed by atoms with Gasteiger partial charge in [0.25, 0.3) is 5.69 Å². The Balaban J connectivity index is 2.40. The Kier molecular flexibility index (Phi) is 7.88. The van der Waals surface area contributed by atoms with Crippen LogP contribution in [0.2, 0.25) is 0 Å². The second kappa shape index (κ2) is 9.73. The molecular weight excluding hydrogens is 427 g/mol. The minimum atomic E-state index is -3.75. The summed E-state index contributed by atoms with van der Waals surface area (Å²) in [5.74, 6) is 0. The van der Waals surface area contributed by atoms with Crippen LogP contribution in [-0.2, 0) is 24.6 Å². The van der Waals surface area contributed by atoms with Gasteiger partial charge in [-0.25, -0.2) is 8.93 Å². The molecule has 0 amide bonds. The van der Waals surface area contributed by atoms with Crippen LogP contribution in [0, 0.1) is 17.0 Å². The number of hydrogen-bond donors (Lipinski definition) is 1. The molecule has 0 radical (unpaired) electrons. The number of nitrogens with one attached hydrogen (secondary N) is 1. The Bertz CT molecular complexity index is 886. The van der Waals surface area contributed by atoms with Gasteiger partial charge in [0, 0.05) is 26.4 Å². The molecule has 0 heterocycles. The third kappa shape index (κ3) is 5.26. The van der Waals surface area contributed by atoms with Crippen molar-refractivity contribution < 1.29 is 22.7 Å². The number of nitrogens with zero attached hydrogens (tertiary/aromatic N) is 1. The predicted molar refractivity (Wildman–Crippen MR) is 108 cm³/mol. The number of rotatable bonds is 9. The Morgan fingerprint density at radius 1 is 1.11 bits per heavy atom. The number of benzene rings is 2. The molecule has 0 saturated carbocycles. The molecule has 0 aromatic heterocycles. The van der Waals surface area contributed by atoms with Crippen LogP contribution in [0.25, 0.3) is 0 Å². The number of alkyl halides is 1. The van der Waals surface area contributed by atoms with Crippen LogP contribution in [0.1, 0.15) is 17.2 Å². The van der Waals surface area contributed by atoms with Crippen LogP contribution in [0.15, 0.2) is 53.4 Å². The van der Waals surface area contributed by atoms with Crippen molar-refractivity contribution in [3.05, 3.63) is 69.8 Å². The second-order valence-corrected chi connectivity index (χ2v) is 10.2. The van der Waals surface area contributed by atoms with E-state index in [1.165, 1.54) is 38.5 Å². The molecule has 0 bridgehead atoms. The first kappa shape index (κ1) is 22.7. The Morgan fingerprint density at radius 2 is 1.64 bits per heavy atom. The predicted octanol–water partition coefficient (Wildman–Crippen LogP) is 4.31. The van der Waals surface area contributed by atoms with Crippen LogP contribution in [0.5, 0.6) is 0 Å². The van der Waals surface area contributed by atoms with Crippen LogP contribution >= 0.6 is 19.2 Å². The molecule has 0 saturated heterocycles. The smallest absolute Gasteiger partial charge is 0.311 e. The molecule has 152 valence electrons. The van der Waals surface area contributed by atoms with Crippen LogP contribution in [-0.4, -0.2) is 28.5 Å². The average molecular weight is 447 g/mol. The first-order valence-electron chi connectivity index (χ1n) is 8.06. The summed E-state index contributed by atoms with van der Waals surface area (Å²) in [6.45, 7) is 1.90. The average Bonchev–Trinajstić information content (AvgIpc) is 2.71. The molecule has 3 atom stereocenters. The lowest BCUT2D eigenvalue weighted by Gasteiger charge is -2.27. The summed E-state index contributed by atoms with van der Waals surface area (Å²) < 4.78 is 38.3. The van der Waals surface area contributed by atoms with Crippen molar-refractivity contribution in [3.63, 3.8) is 0 Å². The zero-order chi connectivity index (χ0) is 20.9. The molecule has 28 heavy (non-hydrogen) atoms. The topological polar surface area (TPSA) is 108 Å². The molecule has 0 aliphatic carbocycles. The third-order valence-corrected chi connectivity index (χ3v) is 8.08. The molecule has 2 rings (SSSR count). The molecule has 0 aliphatic rings. The van der Waals surface area contributed by atoms with Crippen molar-refractivity contribution in [2.24, 2.45) is 0 Å². The molecule has 0 fully saturated rings. The molecule has 0 spiro atoms. The Hall–Kier alpha value is -1.61. The summed E-state index contributed by atoms with van der Waals surface area (Å²) in [6, 6.07) is 11.5. The van der Waals surface area contributed by atoms with E-state index in [0.717, 1.165) is 5.56 Å². The summed E-state index contributed by atoms with van der Waals surface area (Å²) in [4.78, 5) is 10.8. The highest BCUT2D eigenvalue weighted by atomic mass is 35.5. The maximum atomic E-state index is 12.8. The van der Waals surface area contributed by atoms with Crippen molar-refractivity contribution >= 4 is 35.9 Å². The van der Waals surface area contributed by atoms with Crippen molar-refractivity contribution in [1.82, 2.24) is 4.72 Å². The maximum absolute atomic E-state index is 12.8. The zero-order valence-corrected chi connectivity index (χ0v) is 17.9. The minimum Gasteiger partial charge on any atom is -0.311 e. The number of nitro groups is 1. The van der Waals surface area contributed by atoms with E-state index in [9.17, 15) is 18.9 Å². The Labute approximate surface area is 170 Å². The molecule has 2 aromatic carbocycles. The molecule has 11 heteroatoms. The lowest BCUT2D eigenvalue weighted by Crippen LogP contribution is -2.31. The van der Waals surface area contributed by atoms with E-state index in [-0.39, 0.29) is 5.69 Å². The summed E-state index contributed by atoms with van der Waals surface area (Å²) in [5, 5.41) is 9.65. The second-order valence-electron chi connectivity index (χ2n) is 5.80. The van der Waals surface area contributed by atoms with Gasteiger partial charge >= 0.3 is 7.60 Å². The fourth-order valence-corrected chi connectivity index (χ4v) is 5.44. The van der Waals surface area contributed by atoms with Crippen LogP contribution in [0.3, 0.4) is 0 Å². The lowest BCUT2D eigenvalue weighted by molar-refractivity contribution is -0.384. The number of hydrogen-bond acceptors (Lipinski definition) is 6. The molecule has 1 N–H and O–H groups in total. The van der Waals surface area contributed by atoms with Gasteiger partial charge in [-0.1, -0.05) is 29.8 Å².